The van der Waals surface area contributed by atoms with Crippen LogP contribution >= 0.6 is 11.6 Å². The zero-order valence-electron chi connectivity index (χ0n) is 10.4. The van der Waals surface area contributed by atoms with Crippen LogP contribution in [0.2, 0.25) is 5.15 Å². The van der Waals surface area contributed by atoms with Crippen LogP contribution < -0.4 is 0 Å². The van der Waals surface area contributed by atoms with E-state index in [-0.39, 0.29) is 5.92 Å². The number of aryl methyl sites for hydroxylation is 1. The highest BCUT2D eigenvalue weighted by Crippen LogP contribution is 2.37. The molecule has 3 rings (SSSR count). The summed E-state index contributed by atoms with van der Waals surface area (Å²) in [6, 6.07) is 4.14. The fourth-order valence-corrected chi connectivity index (χ4v) is 2.78. The Kier molecular flexibility index (Phi) is 2.78. The van der Waals surface area contributed by atoms with Crippen molar-refractivity contribution in [2.75, 3.05) is 0 Å². The summed E-state index contributed by atoms with van der Waals surface area (Å²) in [4.78, 5) is 4.51. The number of halogens is 1. The zero-order chi connectivity index (χ0) is 12.7. The normalized spacial score (nSPS) is 17.8. The van der Waals surface area contributed by atoms with E-state index < -0.39 is 0 Å². The van der Waals surface area contributed by atoms with Crippen molar-refractivity contribution < 1.29 is 0 Å². The molecule has 0 amide bonds. The molecule has 0 bridgehead atoms. The first kappa shape index (κ1) is 11.6. The summed E-state index contributed by atoms with van der Waals surface area (Å²) in [5, 5.41) is 8.84. The first-order valence-electron chi connectivity index (χ1n) is 6.11. The summed E-state index contributed by atoms with van der Waals surface area (Å²) in [6.07, 6.45) is 3.97. The smallest absolute Gasteiger partial charge is 0.154 e. The van der Waals surface area contributed by atoms with Gasteiger partial charge in [-0.2, -0.15) is 5.10 Å². The van der Waals surface area contributed by atoms with Crippen molar-refractivity contribution in [2.24, 2.45) is 0 Å². The molecule has 0 saturated heterocycles. The lowest BCUT2D eigenvalue weighted by Crippen LogP contribution is -2.07. The predicted octanol–water partition coefficient (Wildman–Crippen LogP) is 3.22. The average Bonchev–Trinajstić information content (AvgIpc) is 2.80. The Balaban J connectivity index is 2.11. The van der Waals surface area contributed by atoms with Crippen LogP contribution in [0.3, 0.4) is 0 Å². The van der Waals surface area contributed by atoms with E-state index in [1.54, 1.807) is 0 Å². The molecule has 1 aliphatic rings. The van der Waals surface area contributed by atoms with Crippen LogP contribution in [0.15, 0.2) is 18.3 Å². The first-order valence-corrected chi connectivity index (χ1v) is 6.49. The molecule has 1 aliphatic carbocycles. The molecule has 2 heterocycles. The predicted molar refractivity (Wildman–Crippen MR) is 70.9 cm³/mol. The molecule has 0 fully saturated rings. The van der Waals surface area contributed by atoms with Crippen LogP contribution in [0.25, 0.3) is 0 Å². The highest BCUT2D eigenvalue weighted by Gasteiger charge is 2.28. The average molecular weight is 260 g/mol. The number of rotatable bonds is 1. The Labute approximate surface area is 111 Å². The molecule has 92 valence electrons. The third-order valence-electron chi connectivity index (χ3n) is 3.79. The molecular weight excluding hydrogens is 246 g/mol. The second-order valence-electron chi connectivity index (χ2n) is 4.77. The molecule has 1 unspecified atom stereocenters. The van der Waals surface area contributed by atoms with Gasteiger partial charge in [0.2, 0.25) is 0 Å². The van der Waals surface area contributed by atoms with E-state index >= 15 is 0 Å². The monoisotopic (exact) mass is 259 g/mol. The standard InChI is InChI=1S/C14H14ClN3/c1-8-9(2)14(15)18-17-12(8)11-6-5-10-4-3-7-16-13(10)11/h3-4,7,11H,5-6H2,1-2H3. The lowest BCUT2D eigenvalue weighted by atomic mass is 9.97. The highest BCUT2D eigenvalue weighted by molar-refractivity contribution is 6.30. The number of aromatic nitrogens is 3. The topological polar surface area (TPSA) is 38.7 Å². The van der Waals surface area contributed by atoms with Crippen molar-refractivity contribution in [3.63, 3.8) is 0 Å². The fraction of sp³-hybridized carbons (Fsp3) is 0.357. The quantitative estimate of drug-likeness (QED) is 0.789. The maximum absolute atomic E-state index is 6.00. The Morgan fingerprint density at radius 3 is 2.83 bits per heavy atom. The number of fused-ring (bicyclic) bond motifs is 1. The van der Waals surface area contributed by atoms with Gasteiger partial charge in [-0.05, 0) is 49.4 Å². The Bertz CT molecular complexity index is 610. The maximum Gasteiger partial charge on any atom is 0.154 e. The van der Waals surface area contributed by atoms with Crippen LogP contribution in [-0.2, 0) is 6.42 Å². The molecule has 3 nitrogen and oxygen atoms in total. The van der Waals surface area contributed by atoms with Gasteiger partial charge in [-0.3, -0.25) is 4.98 Å². The van der Waals surface area contributed by atoms with E-state index in [9.17, 15) is 0 Å². The molecule has 2 aromatic rings. The number of hydrogen-bond donors (Lipinski definition) is 0. The van der Waals surface area contributed by atoms with Gasteiger partial charge in [-0.25, -0.2) is 0 Å². The Morgan fingerprint density at radius 1 is 1.17 bits per heavy atom. The Hall–Kier alpha value is -1.48. The lowest BCUT2D eigenvalue weighted by molar-refractivity contribution is 0.716. The summed E-state index contributed by atoms with van der Waals surface area (Å²) in [5.74, 6) is 0.268. The molecule has 0 N–H and O–H groups in total. The van der Waals surface area contributed by atoms with Gasteiger partial charge in [0, 0.05) is 12.1 Å². The van der Waals surface area contributed by atoms with Crippen LogP contribution in [-0.4, -0.2) is 15.2 Å². The van der Waals surface area contributed by atoms with E-state index in [0.29, 0.717) is 5.15 Å². The number of hydrogen-bond acceptors (Lipinski definition) is 3. The third kappa shape index (κ3) is 1.70. The van der Waals surface area contributed by atoms with Crippen LogP contribution in [0.5, 0.6) is 0 Å². The molecule has 0 spiro atoms. The molecule has 0 saturated carbocycles. The number of pyridine rings is 1. The summed E-state index contributed by atoms with van der Waals surface area (Å²) in [7, 11) is 0. The first-order chi connectivity index (χ1) is 8.68. The second-order valence-corrected chi connectivity index (χ2v) is 5.12. The minimum Gasteiger partial charge on any atom is -0.260 e. The summed E-state index contributed by atoms with van der Waals surface area (Å²) in [6.45, 7) is 4.05. The van der Waals surface area contributed by atoms with Crippen molar-refractivity contribution in [1.82, 2.24) is 15.2 Å². The molecule has 1 atom stereocenters. The van der Waals surface area contributed by atoms with Gasteiger partial charge in [0.15, 0.2) is 5.15 Å². The second kappa shape index (κ2) is 4.32. The lowest BCUT2D eigenvalue weighted by Gasteiger charge is -2.14. The molecule has 18 heavy (non-hydrogen) atoms. The van der Waals surface area contributed by atoms with Gasteiger partial charge in [-0.1, -0.05) is 17.7 Å². The summed E-state index contributed by atoms with van der Waals surface area (Å²) in [5.41, 5.74) is 5.66. The maximum atomic E-state index is 6.00. The van der Waals surface area contributed by atoms with E-state index in [1.807, 2.05) is 19.2 Å². The van der Waals surface area contributed by atoms with Gasteiger partial charge in [-0.15, -0.1) is 5.10 Å². The molecule has 0 aromatic carbocycles. The Morgan fingerprint density at radius 2 is 2.00 bits per heavy atom. The van der Waals surface area contributed by atoms with Crippen LogP contribution in [0.1, 0.15) is 40.4 Å². The van der Waals surface area contributed by atoms with Crippen molar-refractivity contribution >= 4 is 11.6 Å². The zero-order valence-corrected chi connectivity index (χ0v) is 11.2. The van der Waals surface area contributed by atoms with E-state index in [1.165, 1.54) is 5.56 Å². The number of nitrogens with zero attached hydrogens (tertiary/aromatic N) is 3. The minimum atomic E-state index is 0.268. The van der Waals surface area contributed by atoms with E-state index in [4.69, 9.17) is 11.6 Å². The minimum absolute atomic E-state index is 0.268. The van der Waals surface area contributed by atoms with E-state index in [2.05, 4.69) is 28.2 Å². The molecule has 2 aromatic heterocycles. The van der Waals surface area contributed by atoms with Gasteiger partial charge in [0.25, 0.3) is 0 Å². The van der Waals surface area contributed by atoms with Gasteiger partial charge in [0.05, 0.1) is 11.4 Å². The SMILES string of the molecule is Cc1c(Cl)nnc(C2CCc3cccnc32)c1C. The van der Waals surface area contributed by atoms with Crippen molar-refractivity contribution in [2.45, 2.75) is 32.6 Å². The van der Waals surface area contributed by atoms with Crippen molar-refractivity contribution in [3.8, 4) is 0 Å². The van der Waals surface area contributed by atoms with Gasteiger partial charge >= 0.3 is 0 Å². The van der Waals surface area contributed by atoms with Crippen LogP contribution in [0.4, 0.5) is 0 Å². The van der Waals surface area contributed by atoms with Gasteiger partial charge in [0.1, 0.15) is 0 Å². The van der Waals surface area contributed by atoms with Crippen molar-refractivity contribution in [3.05, 3.63) is 51.6 Å². The summed E-state index contributed by atoms with van der Waals surface area (Å²) < 4.78 is 0. The van der Waals surface area contributed by atoms with E-state index in [0.717, 1.165) is 35.4 Å². The largest absolute Gasteiger partial charge is 0.260 e. The fourth-order valence-electron chi connectivity index (χ4n) is 2.60. The molecule has 4 heteroatoms. The highest BCUT2D eigenvalue weighted by atomic mass is 35.5. The third-order valence-corrected chi connectivity index (χ3v) is 4.15. The molecular formula is C14H14ClN3. The van der Waals surface area contributed by atoms with Crippen LogP contribution in [0, 0.1) is 13.8 Å². The summed E-state index contributed by atoms with van der Waals surface area (Å²) >= 11 is 6.00. The molecule has 0 radical (unpaired) electrons. The van der Waals surface area contributed by atoms with Crippen molar-refractivity contribution in [1.29, 1.82) is 0 Å². The van der Waals surface area contributed by atoms with Gasteiger partial charge < -0.3 is 0 Å². The molecule has 0 aliphatic heterocycles.